The molecule has 0 bridgehead atoms. The van der Waals surface area contributed by atoms with Gasteiger partial charge in [-0.25, -0.2) is 0 Å². The van der Waals surface area contributed by atoms with Crippen LogP contribution in [0.5, 0.6) is 0 Å². The number of halogens is 2. The molecule has 6 heteroatoms. The van der Waals surface area contributed by atoms with Crippen molar-refractivity contribution >= 4 is 33.4 Å². The molecule has 0 aliphatic carbocycles. The molecule has 3 N–H and O–H groups in total. The highest BCUT2D eigenvalue weighted by molar-refractivity contribution is 9.10. The second-order valence-corrected chi connectivity index (χ2v) is 4.38. The van der Waals surface area contributed by atoms with E-state index in [0.717, 1.165) is 0 Å². The quantitative estimate of drug-likeness (QED) is 0.782. The van der Waals surface area contributed by atoms with E-state index in [-0.39, 0.29) is 12.5 Å². The van der Waals surface area contributed by atoms with Crippen molar-refractivity contribution in [2.45, 2.75) is 6.10 Å². The lowest BCUT2D eigenvalue weighted by Crippen LogP contribution is -2.34. The molecule has 1 aromatic rings. The van der Waals surface area contributed by atoms with Gasteiger partial charge in [-0.05, 0) is 28.1 Å². The Kier molecular flexibility index (Phi) is 5.21. The fourth-order valence-corrected chi connectivity index (χ4v) is 1.63. The Morgan fingerprint density at radius 3 is 2.88 bits per heavy atom. The van der Waals surface area contributed by atoms with Gasteiger partial charge < -0.3 is 15.5 Å². The van der Waals surface area contributed by atoms with Crippen molar-refractivity contribution in [1.29, 1.82) is 0 Å². The molecule has 0 aliphatic rings. The molecule has 88 valence electrons. The predicted molar refractivity (Wildman–Crippen MR) is 64.6 cm³/mol. The van der Waals surface area contributed by atoms with E-state index in [1.165, 1.54) is 0 Å². The number of aliphatic hydroxyl groups excluding tert-OH is 2. The smallest absolute Gasteiger partial charge is 0.252 e. The summed E-state index contributed by atoms with van der Waals surface area (Å²) in [6.07, 6.45) is -0.963. The fraction of sp³-hybridized carbons (Fsp3) is 0.300. The average molecular weight is 309 g/mol. The summed E-state index contributed by atoms with van der Waals surface area (Å²) in [7, 11) is 0. The molecule has 0 radical (unpaired) electrons. The first-order chi connectivity index (χ1) is 7.56. The number of carbonyl (C=O) groups is 1. The standard InChI is InChI=1S/C10H11BrClNO3/c11-8-3-1-2-7(9(8)12)10(16)13-4-6(15)5-14/h1-3,6,14-15H,4-5H2,(H,13,16). The van der Waals surface area contributed by atoms with Gasteiger partial charge in [-0.3, -0.25) is 4.79 Å². The molecule has 0 spiro atoms. The van der Waals surface area contributed by atoms with E-state index in [1.807, 2.05) is 0 Å². The van der Waals surface area contributed by atoms with E-state index in [2.05, 4.69) is 21.2 Å². The van der Waals surface area contributed by atoms with Crippen LogP contribution in [0.2, 0.25) is 5.02 Å². The number of amides is 1. The molecule has 0 saturated heterocycles. The van der Waals surface area contributed by atoms with Crippen LogP contribution in [0, 0.1) is 0 Å². The Labute approximate surface area is 106 Å². The molecule has 16 heavy (non-hydrogen) atoms. The lowest BCUT2D eigenvalue weighted by atomic mass is 10.2. The summed E-state index contributed by atoms with van der Waals surface area (Å²) in [6, 6.07) is 4.99. The van der Waals surface area contributed by atoms with Gasteiger partial charge in [0.05, 0.1) is 23.3 Å². The zero-order chi connectivity index (χ0) is 12.1. The number of carbonyl (C=O) groups excluding carboxylic acids is 1. The lowest BCUT2D eigenvalue weighted by Gasteiger charge is -2.10. The van der Waals surface area contributed by atoms with Crippen molar-refractivity contribution in [2.75, 3.05) is 13.2 Å². The Morgan fingerprint density at radius 1 is 1.56 bits per heavy atom. The van der Waals surface area contributed by atoms with E-state index >= 15 is 0 Å². The number of hydrogen-bond acceptors (Lipinski definition) is 3. The molecule has 1 atom stereocenters. The highest BCUT2D eigenvalue weighted by atomic mass is 79.9. The fourth-order valence-electron chi connectivity index (χ4n) is 1.05. The summed E-state index contributed by atoms with van der Waals surface area (Å²) in [5, 5.41) is 20.4. The molecule has 0 heterocycles. The zero-order valence-electron chi connectivity index (χ0n) is 8.28. The van der Waals surface area contributed by atoms with E-state index in [4.69, 9.17) is 21.8 Å². The second-order valence-electron chi connectivity index (χ2n) is 3.15. The normalized spacial score (nSPS) is 12.2. The minimum atomic E-state index is -0.963. The van der Waals surface area contributed by atoms with Crippen LogP contribution in [0.25, 0.3) is 0 Å². The van der Waals surface area contributed by atoms with Gasteiger partial charge >= 0.3 is 0 Å². The van der Waals surface area contributed by atoms with Crippen molar-refractivity contribution in [3.05, 3.63) is 33.3 Å². The monoisotopic (exact) mass is 307 g/mol. The van der Waals surface area contributed by atoms with Gasteiger partial charge in [-0.15, -0.1) is 0 Å². The maximum atomic E-state index is 11.6. The first-order valence-corrected chi connectivity index (χ1v) is 5.74. The molecular weight excluding hydrogens is 297 g/mol. The van der Waals surface area contributed by atoms with Crippen molar-refractivity contribution in [3.8, 4) is 0 Å². The van der Waals surface area contributed by atoms with E-state index < -0.39 is 12.7 Å². The Hall–Kier alpha value is -0.620. The van der Waals surface area contributed by atoms with Crippen molar-refractivity contribution in [2.24, 2.45) is 0 Å². The third-order valence-electron chi connectivity index (χ3n) is 1.91. The molecular formula is C10H11BrClNO3. The van der Waals surface area contributed by atoms with Crippen LogP contribution >= 0.6 is 27.5 Å². The SMILES string of the molecule is O=C(NCC(O)CO)c1cccc(Br)c1Cl. The van der Waals surface area contributed by atoms with Crippen LogP contribution in [-0.4, -0.2) is 35.4 Å². The molecule has 1 aromatic carbocycles. The number of rotatable bonds is 4. The van der Waals surface area contributed by atoms with Gasteiger partial charge in [0, 0.05) is 11.0 Å². The molecule has 0 aliphatic heterocycles. The Balaban J connectivity index is 2.70. The van der Waals surface area contributed by atoms with Crippen LogP contribution in [0.1, 0.15) is 10.4 Å². The molecule has 1 amide bonds. The first-order valence-electron chi connectivity index (χ1n) is 4.57. The molecule has 0 fully saturated rings. The Bertz CT molecular complexity index is 386. The summed E-state index contributed by atoms with van der Waals surface area (Å²) < 4.78 is 0.629. The van der Waals surface area contributed by atoms with E-state index in [1.54, 1.807) is 18.2 Å². The predicted octanol–water partition coefficient (Wildman–Crippen LogP) is 1.19. The van der Waals surface area contributed by atoms with Crippen molar-refractivity contribution < 1.29 is 15.0 Å². The summed E-state index contributed by atoms with van der Waals surface area (Å²) in [4.78, 5) is 11.6. The van der Waals surface area contributed by atoms with Gasteiger partial charge in [0.25, 0.3) is 5.91 Å². The van der Waals surface area contributed by atoms with Crippen LogP contribution in [0.4, 0.5) is 0 Å². The third kappa shape index (κ3) is 3.45. The summed E-state index contributed by atoms with van der Waals surface area (Å²) in [5.41, 5.74) is 0.321. The lowest BCUT2D eigenvalue weighted by molar-refractivity contribution is 0.0802. The first kappa shape index (κ1) is 13.4. The summed E-state index contributed by atoms with van der Waals surface area (Å²) >= 11 is 9.12. The van der Waals surface area contributed by atoms with Gasteiger partial charge in [-0.2, -0.15) is 0 Å². The van der Waals surface area contributed by atoms with E-state index in [9.17, 15) is 4.79 Å². The van der Waals surface area contributed by atoms with Crippen LogP contribution < -0.4 is 5.32 Å². The highest BCUT2D eigenvalue weighted by Gasteiger charge is 2.13. The average Bonchev–Trinajstić information content (AvgIpc) is 2.29. The van der Waals surface area contributed by atoms with Crippen LogP contribution in [-0.2, 0) is 0 Å². The van der Waals surface area contributed by atoms with Gasteiger partial charge in [-0.1, -0.05) is 17.7 Å². The van der Waals surface area contributed by atoms with Crippen molar-refractivity contribution in [3.63, 3.8) is 0 Å². The minimum Gasteiger partial charge on any atom is -0.394 e. The van der Waals surface area contributed by atoms with Gasteiger partial charge in [0.1, 0.15) is 0 Å². The largest absolute Gasteiger partial charge is 0.394 e. The van der Waals surface area contributed by atoms with Gasteiger partial charge in [0.2, 0.25) is 0 Å². The third-order valence-corrected chi connectivity index (χ3v) is 3.20. The van der Waals surface area contributed by atoms with E-state index in [0.29, 0.717) is 15.1 Å². The van der Waals surface area contributed by atoms with Crippen molar-refractivity contribution in [1.82, 2.24) is 5.32 Å². The molecule has 0 saturated carbocycles. The second kappa shape index (κ2) is 6.20. The maximum Gasteiger partial charge on any atom is 0.252 e. The molecule has 0 aromatic heterocycles. The minimum absolute atomic E-state index is 0.0157. The number of nitrogens with one attached hydrogen (secondary N) is 1. The highest BCUT2D eigenvalue weighted by Crippen LogP contribution is 2.25. The summed E-state index contributed by atoms with van der Waals surface area (Å²) in [6.45, 7) is -0.412. The number of hydrogen-bond donors (Lipinski definition) is 3. The molecule has 1 rings (SSSR count). The zero-order valence-corrected chi connectivity index (χ0v) is 10.6. The maximum absolute atomic E-state index is 11.6. The Morgan fingerprint density at radius 2 is 2.25 bits per heavy atom. The molecule has 4 nitrogen and oxygen atoms in total. The van der Waals surface area contributed by atoms with Crippen LogP contribution in [0.3, 0.4) is 0 Å². The topological polar surface area (TPSA) is 69.6 Å². The number of benzene rings is 1. The number of aliphatic hydroxyl groups is 2. The molecule has 1 unspecified atom stereocenters. The van der Waals surface area contributed by atoms with Crippen LogP contribution in [0.15, 0.2) is 22.7 Å². The summed E-state index contributed by atoms with van der Waals surface area (Å²) in [5.74, 6) is -0.390. The van der Waals surface area contributed by atoms with Gasteiger partial charge in [0.15, 0.2) is 0 Å².